The van der Waals surface area contributed by atoms with Crippen molar-refractivity contribution in [1.29, 1.82) is 0 Å². The maximum absolute atomic E-state index is 12.1. The van der Waals surface area contributed by atoms with E-state index in [1.54, 1.807) is 21.3 Å². The molecule has 1 fully saturated rings. The van der Waals surface area contributed by atoms with Crippen molar-refractivity contribution in [3.8, 4) is 11.5 Å². The first-order valence-corrected chi connectivity index (χ1v) is 10.7. The highest BCUT2D eigenvalue weighted by Crippen LogP contribution is 2.33. The van der Waals surface area contributed by atoms with E-state index in [1.165, 1.54) is 0 Å². The number of rotatable bonds is 6. The van der Waals surface area contributed by atoms with Crippen molar-refractivity contribution in [3.63, 3.8) is 0 Å². The zero-order valence-corrected chi connectivity index (χ0v) is 20.2. The lowest BCUT2D eigenvalue weighted by molar-refractivity contribution is 0.0507. The SMILES string of the molecule is CN=C(NCC(C)(C)c1ccc(OC)c(OC)c1)N1CCC(NC(=O)OC(C)(C)C)C1. The molecule has 8 nitrogen and oxygen atoms in total. The predicted octanol–water partition coefficient (Wildman–Crippen LogP) is 3.16. The largest absolute Gasteiger partial charge is 0.493 e. The topological polar surface area (TPSA) is 84.4 Å². The van der Waals surface area contributed by atoms with E-state index in [0.29, 0.717) is 24.6 Å². The minimum atomic E-state index is -0.504. The van der Waals surface area contributed by atoms with E-state index in [9.17, 15) is 4.79 Å². The molecule has 2 N–H and O–H groups in total. The lowest BCUT2D eigenvalue weighted by atomic mass is 9.84. The monoisotopic (exact) mass is 434 g/mol. The lowest BCUT2D eigenvalue weighted by Gasteiger charge is -2.30. The van der Waals surface area contributed by atoms with Crippen LogP contribution in [-0.4, -0.2) is 69.5 Å². The summed E-state index contributed by atoms with van der Waals surface area (Å²) >= 11 is 0. The Hall–Kier alpha value is -2.64. The van der Waals surface area contributed by atoms with Gasteiger partial charge in [0.2, 0.25) is 0 Å². The number of nitrogens with zero attached hydrogens (tertiary/aromatic N) is 2. The third kappa shape index (κ3) is 6.94. The van der Waals surface area contributed by atoms with Gasteiger partial charge >= 0.3 is 6.09 Å². The average Bonchev–Trinajstić information content (AvgIpc) is 3.14. The van der Waals surface area contributed by atoms with Crippen LogP contribution in [0.15, 0.2) is 23.2 Å². The predicted molar refractivity (Wildman–Crippen MR) is 123 cm³/mol. The van der Waals surface area contributed by atoms with Crippen LogP contribution in [0.1, 0.15) is 46.6 Å². The van der Waals surface area contributed by atoms with Gasteiger partial charge in [-0.2, -0.15) is 0 Å². The molecule has 174 valence electrons. The molecule has 1 aliphatic heterocycles. The van der Waals surface area contributed by atoms with Gasteiger partial charge in [-0.3, -0.25) is 4.99 Å². The second kappa shape index (κ2) is 10.1. The summed E-state index contributed by atoms with van der Waals surface area (Å²) in [6.07, 6.45) is 0.468. The number of hydrogen-bond donors (Lipinski definition) is 2. The molecule has 0 aliphatic carbocycles. The van der Waals surface area contributed by atoms with E-state index in [1.807, 2.05) is 32.9 Å². The summed E-state index contributed by atoms with van der Waals surface area (Å²) in [6.45, 7) is 12.1. The summed E-state index contributed by atoms with van der Waals surface area (Å²) in [5.41, 5.74) is 0.470. The van der Waals surface area contributed by atoms with E-state index in [-0.39, 0.29) is 17.6 Å². The molecule has 0 spiro atoms. The number of alkyl carbamates (subject to hydrolysis) is 1. The van der Waals surface area contributed by atoms with Crippen molar-refractivity contribution in [2.24, 2.45) is 4.99 Å². The van der Waals surface area contributed by atoms with Gasteiger partial charge in [-0.1, -0.05) is 19.9 Å². The van der Waals surface area contributed by atoms with E-state index < -0.39 is 5.60 Å². The molecule has 0 saturated carbocycles. The van der Waals surface area contributed by atoms with Crippen LogP contribution in [0.5, 0.6) is 11.5 Å². The number of hydrogen-bond acceptors (Lipinski definition) is 5. The summed E-state index contributed by atoms with van der Waals surface area (Å²) in [7, 11) is 5.05. The van der Waals surface area contributed by atoms with Gasteiger partial charge in [-0.15, -0.1) is 0 Å². The summed E-state index contributed by atoms with van der Waals surface area (Å²) in [4.78, 5) is 18.7. The molecule has 1 aromatic carbocycles. The van der Waals surface area contributed by atoms with Crippen LogP contribution in [0, 0.1) is 0 Å². The fourth-order valence-electron chi connectivity index (χ4n) is 3.54. The number of likely N-dealkylation sites (tertiary alicyclic amines) is 1. The highest BCUT2D eigenvalue weighted by atomic mass is 16.6. The number of ether oxygens (including phenoxy) is 3. The van der Waals surface area contributed by atoms with Gasteiger partial charge in [-0.05, 0) is 44.9 Å². The standard InChI is InChI=1S/C23H38N4O4/c1-22(2,3)31-21(28)26-17-11-12-27(14-17)20(24-6)25-15-23(4,5)16-9-10-18(29-7)19(13-16)30-8/h9-10,13,17H,11-12,14-15H2,1-8H3,(H,24,25)(H,26,28). The molecule has 31 heavy (non-hydrogen) atoms. The van der Waals surface area contributed by atoms with Gasteiger partial charge in [-0.25, -0.2) is 4.79 Å². The fourth-order valence-corrected chi connectivity index (χ4v) is 3.54. The van der Waals surface area contributed by atoms with Crippen LogP contribution in [-0.2, 0) is 10.2 Å². The van der Waals surface area contributed by atoms with E-state index in [4.69, 9.17) is 14.2 Å². The van der Waals surface area contributed by atoms with Crippen LogP contribution >= 0.6 is 0 Å². The minimum Gasteiger partial charge on any atom is -0.493 e. The van der Waals surface area contributed by atoms with Gasteiger partial charge < -0.3 is 29.7 Å². The van der Waals surface area contributed by atoms with Gasteiger partial charge in [0, 0.05) is 32.1 Å². The molecular weight excluding hydrogens is 396 g/mol. The third-order valence-electron chi connectivity index (χ3n) is 5.27. The average molecular weight is 435 g/mol. The molecule has 1 aromatic rings. The number of methoxy groups -OCH3 is 2. The fraction of sp³-hybridized carbons (Fsp3) is 0.652. The summed E-state index contributed by atoms with van der Waals surface area (Å²) in [5, 5.41) is 6.44. The second-order valence-corrected chi connectivity index (χ2v) is 9.43. The van der Waals surface area contributed by atoms with Crippen LogP contribution in [0.25, 0.3) is 0 Å². The molecule has 1 heterocycles. The molecule has 1 aliphatic rings. The molecule has 2 rings (SSSR count). The van der Waals surface area contributed by atoms with Gasteiger partial charge in [0.25, 0.3) is 0 Å². The molecule has 0 aromatic heterocycles. The van der Waals surface area contributed by atoms with E-state index in [0.717, 1.165) is 24.5 Å². The van der Waals surface area contributed by atoms with Gasteiger partial charge in [0.05, 0.1) is 20.3 Å². The van der Waals surface area contributed by atoms with Crippen LogP contribution in [0.2, 0.25) is 0 Å². The number of benzene rings is 1. The van der Waals surface area contributed by atoms with E-state index >= 15 is 0 Å². The van der Waals surface area contributed by atoms with Crippen molar-refractivity contribution in [1.82, 2.24) is 15.5 Å². The number of carbonyl (C=O) groups is 1. The van der Waals surface area contributed by atoms with Crippen LogP contribution < -0.4 is 20.1 Å². The number of aliphatic imine (C=N–C) groups is 1. The Morgan fingerprint density at radius 1 is 1.16 bits per heavy atom. The van der Waals surface area contributed by atoms with E-state index in [2.05, 4.69) is 40.4 Å². The molecule has 0 radical (unpaired) electrons. The normalized spacial score (nSPS) is 17.4. The third-order valence-corrected chi connectivity index (χ3v) is 5.27. The highest BCUT2D eigenvalue weighted by molar-refractivity contribution is 5.80. The number of nitrogens with one attached hydrogen (secondary N) is 2. The molecular formula is C23H38N4O4. The van der Waals surface area contributed by atoms with Crippen molar-refractivity contribution in [2.75, 3.05) is 40.9 Å². The Bertz CT molecular complexity index is 786. The highest BCUT2D eigenvalue weighted by Gasteiger charge is 2.29. The zero-order chi connectivity index (χ0) is 23.2. The van der Waals surface area contributed by atoms with Crippen molar-refractivity contribution >= 4 is 12.1 Å². The number of guanidine groups is 1. The Balaban J connectivity index is 1.95. The first-order valence-electron chi connectivity index (χ1n) is 10.7. The van der Waals surface area contributed by atoms with Crippen LogP contribution in [0.4, 0.5) is 4.79 Å². The molecule has 1 amide bonds. The smallest absolute Gasteiger partial charge is 0.407 e. The Morgan fingerprint density at radius 2 is 1.84 bits per heavy atom. The van der Waals surface area contributed by atoms with Crippen molar-refractivity contribution < 1.29 is 19.0 Å². The van der Waals surface area contributed by atoms with Gasteiger partial charge in [0.15, 0.2) is 17.5 Å². The Labute approximate surface area is 186 Å². The zero-order valence-electron chi connectivity index (χ0n) is 20.2. The number of amides is 1. The minimum absolute atomic E-state index is 0.0345. The summed E-state index contributed by atoms with van der Waals surface area (Å²) < 4.78 is 16.2. The van der Waals surface area contributed by atoms with Crippen LogP contribution in [0.3, 0.4) is 0 Å². The molecule has 0 bridgehead atoms. The molecule has 8 heteroatoms. The lowest BCUT2D eigenvalue weighted by Crippen LogP contribution is -2.46. The molecule has 1 unspecified atom stereocenters. The number of carbonyl (C=O) groups excluding carboxylic acids is 1. The molecule has 1 atom stereocenters. The maximum Gasteiger partial charge on any atom is 0.407 e. The first kappa shape index (κ1) is 24.6. The first-order chi connectivity index (χ1) is 14.5. The summed E-state index contributed by atoms with van der Waals surface area (Å²) in [5.74, 6) is 2.25. The quantitative estimate of drug-likeness (QED) is 0.529. The second-order valence-electron chi connectivity index (χ2n) is 9.43. The maximum atomic E-state index is 12.1. The summed E-state index contributed by atoms with van der Waals surface area (Å²) in [6, 6.07) is 6.03. The molecule has 1 saturated heterocycles. The Morgan fingerprint density at radius 3 is 2.42 bits per heavy atom. The Kier molecular flexibility index (Phi) is 8.03. The van der Waals surface area contributed by atoms with Crippen molar-refractivity contribution in [3.05, 3.63) is 23.8 Å². The van der Waals surface area contributed by atoms with Gasteiger partial charge in [0.1, 0.15) is 5.60 Å². The van der Waals surface area contributed by atoms with Crippen molar-refractivity contribution in [2.45, 2.75) is 58.1 Å².